The van der Waals surface area contributed by atoms with Crippen LogP contribution in [0.4, 0.5) is 0 Å². The van der Waals surface area contributed by atoms with Crippen LogP contribution in [0.25, 0.3) is 22.3 Å². The topological polar surface area (TPSA) is 68.9 Å². The van der Waals surface area contributed by atoms with E-state index in [0.717, 1.165) is 24.0 Å². The number of carbonyl (C=O) groups is 1. The van der Waals surface area contributed by atoms with Gasteiger partial charge in [0.15, 0.2) is 5.65 Å². The molecule has 1 fully saturated rings. The number of aromatic nitrogens is 3. The Morgan fingerprint density at radius 3 is 2.45 bits per heavy atom. The maximum Gasteiger partial charge on any atom is 0.330 e. The van der Waals surface area contributed by atoms with Gasteiger partial charge in [-0.2, -0.15) is 0 Å². The number of fused-ring (bicyclic) bond motifs is 1. The second-order valence-electron chi connectivity index (χ2n) is 8.15. The van der Waals surface area contributed by atoms with Crippen molar-refractivity contribution < 1.29 is 4.79 Å². The van der Waals surface area contributed by atoms with Crippen LogP contribution in [0, 0.1) is 5.92 Å². The third-order valence-electron chi connectivity index (χ3n) is 5.98. The molecule has 0 saturated heterocycles. The average molecular weight is 461 g/mol. The smallest absolute Gasteiger partial charge is 0.330 e. The fourth-order valence-electron chi connectivity index (χ4n) is 4.37. The number of aryl methyl sites for hydroxylation is 1. The van der Waals surface area contributed by atoms with Gasteiger partial charge in [-0.05, 0) is 55.5 Å². The normalized spacial score (nSPS) is 14.8. The molecule has 3 aromatic rings. The Bertz CT molecular complexity index is 1140. The number of imidazole rings is 1. The van der Waals surface area contributed by atoms with Crippen LogP contribution in [-0.2, 0) is 17.9 Å². The van der Waals surface area contributed by atoms with Gasteiger partial charge in [0.05, 0.1) is 5.52 Å². The van der Waals surface area contributed by atoms with Crippen LogP contribution >= 0.6 is 23.2 Å². The lowest BCUT2D eigenvalue weighted by Gasteiger charge is -2.21. The van der Waals surface area contributed by atoms with E-state index >= 15 is 0 Å². The molecule has 0 atom stereocenters. The Morgan fingerprint density at radius 2 is 1.77 bits per heavy atom. The predicted molar refractivity (Wildman–Crippen MR) is 125 cm³/mol. The van der Waals surface area contributed by atoms with Gasteiger partial charge in [0, 0.05) is 34.9 Å². The lowest BCUT2D eigenvalue weighted by atomic mass is 9.89. The first-order chi connectivity index (χ1) is 15.0. The van der Waals surface area contributed by atoms with E-state index in [9.17, 15) is 9.59 Å². The van der Waals surface area contributed by atoms with Gasteiger partial charge < -0.3 is 5.32 Å². The van der Waals surface area contributed by atoms with Crippen molar-refractivity contribution in [2.24, 2.45) is 5.92 Å². The fourth-order valence-corrected chi connectivity index (χ4v) is 4.89. The number of amides is 1. The Kier molecular flexibility index (Phi) is 6.68. The van der Waals surface area contributed by atoms with Crippen molar-refractivity contribution in [2.45, 2.75) is 52.1 Å². The van der Waals surface area contributed by atoms with Crippen molar-refractivity contribution >= 4 is 40.3 Å². The highest BCUT2D eigenvalue weighted by Crippen LogP contribution is 2.28. The zero-order chi connectivity index (χ0) is 22.0. The maximum absolute atomic E-state index is 13.0. The molecule has 0 aliphatic heterocycles. The molecule has 8 heteroatoms. The molecule has 1 aliphatic carbocycles. The number of nitrogens with zero attached hydrogens (tertiary/aromatic N) is 3. The van der Waals surface area contributed by atoms with Crippen LogP contribution in [0.3, 0.4) is 0 Å². The molecule has 0 radical (unpaired) electrons. The summed E-state index contributed by atoms with van der Waals surface area (Å²) in [6.45, 7) is 3.02. The second kappa shape index (κ2) is 9.45. The SMILES string of the molecule is CCn1c(=O)n(CC(=O)NCC2CCCCC2)c2ncc(-c3cc(Cl)cc(Cl)c3)cc21. The Balaban J connectivity index is 1.61. The molecular weight excluding hydrogens is 435 g/mol. The molecule has 1 amide bonds. The van der Waals surface area contributed by atoms with Gasteiger partial charge in [-0.25, -0.2) is 9.78 Å². The number of rotatable bonds is 6. The third-order valence-corrected chi connectivity index (χ3v) is 6.42. The molecule has 0 bridgehead atoms. The molecule has 1 aliphatic rings. The summed E-state index contributed by atoms with van der Waals surface area (Å²) in [5.74, 6) is 0.381. The third kappa shape index (κ3) is 4.80. The van der Waals surface area contributed by atoms with E-state index in [1.54, 1.807) is 29.0 Å². The molecule has 0 spiro atoms. The predicted octanol–water partition coefficient (Wildman–Crippen LogP) is 4.89. The number of pyridine rings is 1. The minimum Gasteiger partial charge on any atom is -0.354 e. The fraction of sp³-hybridized carbons (Fsp3) is 0.435. The minimum absolute atomic E-state index is 0.0373. The van der Waals surface area contributed by atoms with Crippen molar-refractivity contribution in [3.8, 4) is 11.1 Å². The van der Waals surface area contributed by atoms with E-state index < -0.39 is 0 Å². The molecule has 0 unspecified atom stereocenters. The van der Waals surface area contributed by atoms with E-state index in [0.29, 0.717) is 40.2 Å². The largest absolute Gasteiger partial charge is 0.354 e. The summed E-state index contributed by atoms with van der Waals surface area (Å²) in [7, 11) is 0. The molecular formula is C23H26Cl2N4O2. The molecule has 1 N–H and O–H groups in total. The van der Waals surface area contributed by atoms with Gasteiger partial charge >= 0.3 is 5.69 Å². The Labute approximate surface area is 191 Å². The van der Waals surface area contributed by atoms with Crippen molar-refractivity contribution in [1.82, 2.24) is 19.4 Å². The van der Waals surface area contributed by atoms with E-state index in [-0.39, 0.29) is 18.1 Å². The summed E-state index contributed by atoms with van der Waals surface area (Å²) < 4.78 is 3.08. The van der Waals surface area contributed by atoms with Crippen molar-refractivity contribution in [1.29, 1.82) is 0 Å². The monoisotopic (exact) mass is 460 g/mol. The van der Waals surface area contributed by atoms with E-state index in [1.807, 2.05) is 13.0 Å². The molecule has 31 heavy (non-hydrogen) atoms. The van der Waals surface area contributed by atoms with Crippen molar-refractivity contribution in [2.75, 3.05) is 6.54 Å². The lowest BCUT2D eigenvalue weighted by molar-refractivity contribution is -0.121. The van der Waals surface area contributed by atoms with Crippen LogP contribution in [0.15, 0.2) is 35.3 Å². The number of hydrogen-bond donors (Lipinski definition) is 1. The lowest BCUT2D eigenvalue weighted by Crippen LogP contribution is -2.36. The van der Waals surface area contributed by atoms with Gasteiger partial charge in [0.1, 0.15) is 6.54 Å². The van der Waals surface area contributed by atoms with Crippen LogP contribution < -0.4 is 11.0 Å². The standard InChI is InChI=1S/C23H26Cl2N4O2/c1-2-28-20-10-17(16-8-18(24)11-19(25)9-16)13-27-22(20)29(23(28)31)14-21(30)26-12-15-6-4-3-5-7-15/h8-11,13,15H,2-7,12,14H2,1H3,(H,26,30). The number of carbonyl (C=O) groups excluding carboxylic acids is 1. The van der Waals surface area contributed by atoms with Gasteiger partial charge in [-0.3, -0.25) is 13.9 Å². The van der Waals surface area contributed by atoms with Crippen molar-refractivity contribution in [3.05, 3.63) is 51.0 Å². The molecule has 2 heterocycles. The number of benzene rings is 1. The summed E-state index contributed by atoms with van der Waals surface area (Å²) in [5, 5.41) is 4.07. The van der Waals surface area contributed by atoms with E-state index in [4.69, 9.17) is 23.2 Å². The molecule has 1 aromatic carbocycles. The molecule has 164 valence electrons. The first-order valence-corrected chi connectivity index (χ1v) is 11.5. The summed E-state index contributed by atoms with van der Waals surface area (Å²) in [4.78, 5) is 30.1. The molecule has 4 rings (SSSR count). The highest BCUT2D eigenvalue weighted by molar-refractivity contribution is 6.35. The van der Waals surface area contributed by atoms with Crippen LogP contribution in [0.5, 0.6) is 0 Å². The van der Waals surface area contributed by atoms with E-state index in [2.05, 4.69) is 10.3 Å². The number of halogens is 2. The van der Waals surface area contributed by atoms with Gasteiger partial charge in [0.25, 0.3) is 0 Å². The van der Waals surface area contributed by atoms with Gasteiger partial charge in [0.2, 0.25) is 5.91 Å². The van der Waals surface area contributed by atoms with Crippen LogP contribution in [0.2, 0.25) is 10.0 Å². The summed E-state index contributed by atoms with van der Waals surface area (Å²) in [6, 6.07) is 7.18. The summed E-state index contributed by atoms with van der Waals surface area (Å²) >= 11 is 12.3. The van der Waals surface area contributed by atoms with Crippen LogP contribution in [0.1, 0.15) is 39.0 Å². The van der Waals surface area contributed by atoms with E-state index in [1.165, 1.54) is 23.8 Å². The van der Waals surface area contributed by atoms with Gasteiger partial charge in [-0.15, -0.1) is 0 Å². The second-order valence-corrected chi connectivity index (χ2v) is 9.02. The zero-order valence-corrected chi connectivity index (χ0v) is 19.0. The first kappa shape index (κ1) is 21.9. The quantitative estimate of drug-likeness (QED) is 0.569. The number of nitrogens with one attached hydrogen (secondary N) is 1. The molecule has 1 saturated carbocycles. The highest BCUT2D eigenvalue weighted by atomic mass is 35.5. The molecule has 2 aromatic heterocycles. The zero-order valence-electron chi connectivity index (χ0n) is 17.5. The maximum atomic E-state index is 13.0. The highest BCUT2D eigenvalue weighted by Gasteiger charge is 2.19. The summed E-state index contributed by atoms with van der Waals surface area (Å²) in [5.41, 5.74) is 2.56. The average Bonchev–Trinajstić information content (AvgIpc) is 3.02. The van der Waals surface area contributed by atoms with Gasteiger partial charge in [-0.1, -0.05) is 42.5 Å². The number of hydrogen-bond acceptors (Lipinski definition) is 3. The minimum atomic E-state index is -0.237. The Hall–Kier alpha value is -2.31. The van der Waals surface area contributed by atoms with Crippen LogP contribution in [-0.4, -0.2) is 26.6 Å². The molecule has 6 nitrogen and oxygen atoms in total. The summed E-state index contributed by atoms with van der Waals surface area (Å²) in [6.07, 6.45) is 7.74. The Morgan fingerprint density at radius 1 is 1.06 bits per heavy atom. The van der Waals surface area contributed by atoms with Crippen molar-refractivity contribution in [3.63, 3.8) is 0 Å². The first-order valence-electron chi connectivity index (χ1n) is 10.8.